The van der Waals surface area contributed by atoms with Gasteiger partial charge in [-0.05, 0) is 30.3 Å². The van der Waals surface area contributed by atoms with Crippen LogP contribution in [0.1, 0.15) is 0 Å². The Labute approximate surface area is 132 Å². The van der Waals surface area contributed by atoms with E-state index in [2.05, 4.69) is 14.9 Å². The number of anilines is 1. The number of sulfonamides is 1. The molecule has 2 N–H and O–H groups in total. The fraction of sp³-hybridized carbons (Fsp3) is 0.133. The Morgan fingerprint density at radius 2 is 1.87 bits per heavy atom. The Balaban J connectivity index is 1.66. The molecule has 7 nitrogen and oxygen atoms in total. The Morgan fingerprint density at radius 1 is 1.04 bits per heavy atom. The number of aromatic amines is 1. The number of nitrogens with one attached hydrogen (secondary N) is 2. The molecule has 1 aromatic heterocycles. The van der Waals surface area contributed by atoms with Crippen LogP contribution < -0.4 is 14.2 Å². The number of fused-ring (bicyclic) bond motifs is 2. The number of hydrogen-bond donors (Lipinski definition) is 2. The predicted octanol–water partition coefficient (Wildman–Crippen LogP) is 2.13. The Morgan fingerprint density at radius 3 is 2.74 bits per heavy atom. The number of rotatable bonds is 3. The van der Waals surface area contributed by atoms with Crippen LogP contribution in [0.4, 0.5) is 5.69 Å². The third kappa shape index (κ3) is 2.57. The third-order valence-electron chi connectivity index (χ3n) is 3.52. The maximum Gasteiger partial charge on any atom is 0.262 e. The van der Waals surface area contributed by atoms with Gasteiger partial charge in [0.25, 0.3) is 10.0 Å². The lowest BCUT2D eigenvalue weighted by Crippen LogP contribution is -2.17. The summed E-state index contributed by atoms with van der Waals surface area (Å²) in [6.07, 6.45) is 1.64. The second-order valence-electron chi connectivity index (χ2n) is 5.08. The highest BCUT2D eigenvalue weighted by atomic mass is 32.2. The van der Waals surface area contributed by atoms with E-state index in [4.69, 9.17) is 9.47 Å². The van der Waals surface area contributed by atoms with Gasteiger partial charge in [-0.2, -0.15) is 5.10 Å². The molecule has 23 heavy (non-hydrogen) atoms. The van der Waals surface area contributed by atoms with Crippen LogP contribution >= 0.6 is 0 Å². The average Bonchev–Trinajstić information content (AvgIpc) is 3.01. The van der Waals surface area contributed by atoms with Gasteiger partial charge in [0.15, 0.2) is 11.5 Å². The second kappa shape index (κ2) is 5.17. The molecule has 4 rings (SSSR count). The molecule has 118 valence electrons. The Bertz CT molecular complexity index is 981. The molecule has 0 fully saturated rings. The standard InChI is InChI=1S/C15H13N3O4S/c19-23(20,12-2-4-14-15(8-12)22-6-5-21-14)18-11-1-3-13-10(7-11)9-16-17-13/h1-4,7-9,18H,5-6H2,(H,16,17). The number of nitrogens with zero attached hydrogens (tertiary/aromatic N) is 1. The number of aromatic nitrogens is 2. The smallest absolute Gasteiger partial charge is 0.262 e. The van der Waals surface area contributed by atoms with Crippen molar-refractivity contribution in [2.24, 2.45) is 0 Å². The summed E-state index contributed by atoms with van der Waals surface area (Å²) in [6, 6.07) is 9.72. The SMILES string of the molecule is O=S(=O)(Nc1ccc2[nH]ncc2c1)c1ccc2c(c1)OCCO2. The summed E-state index contributed by atoms with van der Waals surface area (Å²) in [6.45, 7) is 0.864. The minimum Gasteiger partial charge on any atom is -0.486 e. The molecule has 0 amide bonds. The minimum atomic E-state index is -3.71. The molecule has 3 aromatic rings. The topological polar surface area (TPSA) is 93.3 Å². The lowest BCUT2D eigenvalue weighted by atomic mass is 10.2. The normalized spacial score (nSPS) is 13.9. The molecule has 1 aliphatic rings. The summed E-state index contributed by atoms with van der Waals surface area (Å²) in [5.41, 5.74) is 1.31. The summed E-state index contributed by atoms with van der Waals surface area (Å²) in [4.78, 5) is 0.119. The zero-order chi connectivity index (χ0) is 15.9. The van der Waals surface area contributed by atoms with E-state index >= 15 is 0 Å². The van der Waals surface area contributed by atoms with Crippen molar-refractivity contribution in [2.75, 3.05) is 17.9 Å². The lowest BCUT2D eigenvalue weighted by Gasteiger charge is -2.19. The second-order valence-corrected chi connectivity index (χ2v) is 6.77. The molecule has 0 spiro atoms. The highest BCUT2D eigenvalue weighted by molar-refractivity contribution is 7.92. The zero-order valence-corrected chi connectivity index (χ0v) is 12.8. The van der Waals surface area contributed by atoms with E-state index in [-0.39, 0.29) is 4.90 Å². The zero-order valence-electron chi connectivity index (χ0n) is 11.9. The van der Waals surface area contributed by atoms with Crippen LogP contribution in [0.2, 0.25) is 0 Å². The molecule has 0 saturated heterocycles. The molecular formula is C15H13N3O4S. The first-order valence-corrected chi connectivity index (χ1v) is 8.46. The molecule has 8 heteroatoms. The monoisotopic (exact) mass is 331 g/mol. The van der Waals surface area contributed by atoms with Crippen molar-refractivity contribution in [1.82, 2.24) is 10.2 Å². The lowest BCUT2D eigenvalue weighted by molar-refractivity contribution is 0.171. The van der Waals surface area contributed by atoms with Gasteiger partial charge in [0.2, 0.25) is 0 Å². The van der Waals surface area contributed by atoms with Crippen LogP contribution in [-0.2, 0) is 10.0 Å². The van der Waals surface area contributed by atoms with E-state index in [9.17, 15) is 8.42 Å². The molecular weight excluding hydrogens is 318 g/mol. The van der Waals surface area contributed by atoms with Crippen molar-refractivity contribution in [3.63, 3.8) is 0 Å². The fourth-order valence-electron chi connectivity index (χ4n) is 2.41. The number of hydrogen-bond acceptors (Lipinski definition) is 5. The molecule has 0 unspecified atom stereocenters. The van der Waals surface area contributed by atoms with E-state index in [1.165, 1.54) is 12.1 Å². The summed E-state index contributed by atoms with van der Waals surface area (Å²) < 4.78 is 38.4. The number of benzene rings is 2. The summed E-state index contributed by atoms with van der Waals surface area (Å²) >= 11 is 0. The van der Waals surface area contributed by atoms with Crippen molar-refractivity contribution < 1.29 is 17.9 Å². The quantitative estimate of drug-likeness (QED) is 0.767. The van der Waals surface area contributed by atoms with Gasteiger partial charge in [-0.15, -0.1) is 0 Å². The van der Waals surface area contributed by atoms with Crippen molar-refractivity contribution in [3.05, 3.63) is 42.6 Å². The number of ether oxygens (including phenoxy) is 2. The van der Waals surface area contributed by atoms with Crippen LogP contribution in [0, 0.1) is 0 Å². The van der Waals surface area contributed by atoms with Crippen LogP contribution in [0.5, 0.6) is 11.5 Å². The van der Waals surface area contributed by atoms with Gasteiger partial charge < -0.3 is 9.47 Å². The number of H-pyrrole nitrogens is 1. The summed E-state index contributed by atoms with van der Waals surface area (Å²) in [5, 5.41) is 7.56. The first-order chi connectivity index (χ1) is 11.1. The van der Waals surface area contributed by atoms with Crippen molar-refractivity contribution in [1.29, 1.82) is 0 Å². The molecule has 0 radical (unpaired) electrons. The molecule has 0 atom stereocenters. The van der Waals surface area contributed by atoms with Crippen LogP contribution in [0.3, 0.4) is 0 Å². The minimum absolute atomic E-state index is 0.119. The Hall–Kier alpha value is -2.74. The maximum absolute atomic E-state index is 12.5. The van der Waals surface area contributed by atoms with E-state index < -0.39 is 10.0 Å². The largest absolute Gasteiger partial charge is 0.486 e. The van der Waals surface area contributed by atoms with Gasteiger partial charge in [-0.3, -0.25) is 9.82 Å². The van der Waals surface area contributed by atoms with E-state index in [0.29, 0.717) is 30.4 Å². The Kier molecular flexibility index (Phi) is 3.12. The van der Waals surface area contributed by atoms with Crippen LogP contribution in [0.25, 0.3) is 10.9 Å². The molecule has 0 bridgehead atoms. The van der Waals surface area contributed by atoms with Crippen molar-refractivity contribution in [2.45, 2.75) is 4.90 Å². The first kappa shape index (κ1) is 13.9. The molecule has 2 aromatic carbocycles. The van der Waals surface area contributed by atoms with Gasteiger partial charge in [0.1, 0.15) is 13.2 Å². The molecule has 0 saturated carbocycles. The van der Waals surface area contributed by atoms with E-state index in [0.717, 1.165) is 10.9 Å². The van der Waals surface area contributed by atoms with Crippen molar-refractivity contribution >= 4 is 26.6 Å². The van der Waals surface area contributed by atoms with E-state index in [1.54, 1.807) is 30.5 Å². The van der Waals surface area contributed by atoms with Gasteiger partial charge in [-0.1, -0.05) is 0 Å². The van der Waals surface area contributed by atoms with Gasteiger partial charge in [0, 0.05) is 17.1 Å². The van der Waals surface area contributed by atoms with Crippen LogP contribution in [0.15, 0.2) is 47.5 Å². The summed E-state index contributed by atoms with van der Waals surface area (Å²) in [5.74, 6) is 0.986. The molecule has 2 heterocycles. The third-order valence-corrected chi connectivity index (χ3v) is 4.90. The molecule has 1 aliphatic heterocycles. The highest BCUT2D eigenvalue weighted by Crippen LogP contribution is 2.32. The predicted molar refractivity (Wildman–Crippen MR) is 84.3 cm³/mol. The molecule has 0 aliphatic carbocycles. The highest BCUT2D eigenvalue weighted by Gasteiger charge is 2.19. The van der Waals surface area contributed by atoms with Gasteiger partial charge in [0.05, 0.1) is 16.6 Å². The van der Waals surface area contributed by atoms with Crippen molar-refractivity contribution in [3.8, 4) is 11.5 Å². The van der Waals surface area contributed by atoms with Gasteiger partial charge >= 0.3 is 0 Å². The average molecular weight is 331 g/mol. The maximum atomic E-state index is 12.5. The first-order valence-electron chi connectivity index (χ1n) is 6.97. The summed E-state index contributed by atoms with van der Waals surface area (Å²) in [7, 11) is -3.71. The fourth-order valence-corrected chi connectivity index (χ4v) is 3.48. The van der Waals surface area contributed by atoms with Crippen LogP contribution in [-0.4, -0.2) is 31.8 Å². The van der Waals surface area contributed by atoms with Gasteiger partial charge in [-0.25, -0.2) is 8.42 Å². The van der Waals surface area contributed by atoms with E-state index in [1.807, 2.05) is 0 Å².